The van der Waals surface area contributed by atoms with Gasteiger partial charge in [0.05, 0.1) is 30.2 Å². The molecule has 0 amide bonds. The van der Waals surface area contributed by atoms with Gasteiger partial charge in [0, 0.05) is 38.2 Å². The van der Waals surface area contributed by atoms with E-state index in [0.717, 1.165) is 69.3 Å². The number of ether oxygens (including phenoxy) is 1. The second kappa shape index (κ2) is 9.52. The Hall–Kier alpha value is -1.55. The number of halogens is 1. The number of nitrogens with one attached hydrogen (secondary N) is 1. The summed E-state index contributed by atoms with van der Waals surface area (Å²) >= 11 is 8.01. The second-order valence-electron chi connectivity index (χ2n) is 8.68. The van der Waals surface area contributed by atoms with Crippen molar-refractivity contribution >= 4 is 29.2 Å². The van der Waals surface area contributed by atoms with Gasteiger partial charge in [0.1, 0.15) is 5.02 Å². The number of aromatic nitrogens is 3. The van der Waals surface area contributed by atoms with Crippen LogP contribution in [0.25, 0.3) is 0 Å². The van der Waals surface area contributed by atoms with Crippen LogP contribution in [-0.4, -0.2) is 52.1 Å². The lowest BCUT2D eigenvalue weighted by molar-refractivity contribution is 0.0595. The largest absolute Gasteiger partial charge is 0.382 e. The van der Waals surface area contributed by atoms with E-state index >= 15 is 0 Å². The molecule has 4 heterocycles. The molecule has 8 nitrogen and oxygen atoms in total. The summed E-state index contributed by atoms with van der Waals surface area (Å²) in [5.74, 6) is 1.04. The molecule has 2 aromatic heterocycles. The Balaban J connectivity index is 1.15. The summed E-state index contributed by atoms with van der Waals surface area (Å²) in [4.78, 5) is 12.8. The fraction of sp³-hybridized carbons (Fsp3) is 0.667. The lowest BCUT2D eigenvalue weighted by atomic mass is 10.0. The van der Waals surface area contributed by atoms with Gasteiger partial charge in [0.15, 0.2) is 0 Å². The van der Waals surface area contributed by atoms with Crippen LogP contribution in [0.4, 0.5) is 5.69 Å². The van der Waals surface area contributed by atoms with Gasteiger partial charge in [-0.2, -0.15) is 5.10 Å². The monoisotopic (exact) mass is 465 g/mol. The molecule has 1 atom stereocenters. The highest BCUT2D eigenvalue weighted by Gasteiger charge is 2.29. The first-order valence-electron chi connectivity index (χ1n) is 11.2. The standard InChI is InChI=1S/C21H28ClN5O3S/c22-20-18(23-11-14-2-1-9-29-13-14)12-24-27(21(20)28)16-5-7-26(8-6-16)31-19-10-17(25-30-19)15-3-4-15/h10,12,14-16,23H,1-9,11,13H2. The quantitative estimate of drug-likeness (QED) is 0.615. The summed E-state index contributed by atoms with van der Waals surface area (Å²) in [6.45, 7) is 4.03. The van der Waals surface area contributed by atoms with Gasteiger partial charge in [-0.1, -0.05) is 16.8 Å². The Bertz CT molecular complexity index is 949. The van der Waals surface area contributed by atoms with Crippen LogP contribution in [0.1, 0.15) is 56.2 Å². The summed E-state index contributed by atoms with van der Waals surface area (Å²) in [6.07, 6.45) is 8.00. The van der Waals surface area contributed by atoms with Crippen molar-refractivity contribution < 1.29 is 9.26 Å². The zero-order chi connectivity index (χ0) is 21.2. The van der Waals surface area contributed by atoms with E-state index in [-0.39, 0.29) is 16.6 Å². The highest BCUT2D eigenvalue weighted by Crippen LogP contribution is 2.41. The van der Waals surface area contributed by atoms with E-state index in [9.17, 15) is 4.79 Å². The SMILES string of the molecule is O=c1c(Cl)c(NCC2CCCOC2)cnn1C1CCN(Sc2cc(C3CC3)no2)CC1. The molecule has 5 rings (SSSR count). The van der Waals surface area contributed by atoms with Gasteiger partial charge >= 0.3 is 0 Å². The van der Waals surface area contributed by atoms with Gasteiger partial charge in [-0.05, 0) is 56.4 Å². The fourth-order valence-electron chi connectivity index (χ4n) is 4.24. The maximum absolute atomic E-state index is 12.8. The summed E-state index contributed by atoms with van der Waals surface area (Å²) in [5.41, 5.74) is 1.47. The minimum Gasteiger partial charge on any atom is -0.382 e. The molecule has 168 valence electrons. The van der Waals surface area contributed by atoms with Crippen molar-refractivity contribution in [2.24, 2.45) is 5.92 Å². The summed E-state index contributed by atoms with van der Waals surface area (Å²) < 4.78 is 14.8. The predicted octanol–water partition coefficient (Wildman–Crippen LogP) is 3.94. The smallest absolute Gasteiger partial charge is 0.287 e. The Morgan fingerprint density at radius 3 is 2.81 bits per heavy atom. The lowest BCUT2D eigenvalue weighted by Crippen LogP contribution is -2.36. The number of anilines is 1. The van der Waals surface area contributed by atoms with E-state index in [0.29, 0.717) is 17.5 Å². The maximum atomic E-state index is 12.8. The van der Waals surface area contributed by atoms with Crippen molar-refractivity contribution in [3.05, 3.63) is 33.3 Å². The molecule has 0 spiro atoms. The van der Waals surface area contributed by atoms with Gasteiger partial charge in [-0.25, -0.2) is 8.99 Å². The number of nitrogens with zero attached hydrogens (tertiary/aromatic N) is 4. The number of hydrogen-bond acceptors (Lipinski definition) is 8. The van der Waals surface area contributed by atoms with Gasteiger partial charge < -0.3 is 14.6 Å². The first kappa shape index (κ1) is 21.3. The highest BCUT2D eigenvalue weighted by molar-refractivity contribution is 7.96. The molecule has 0 radical (unpaired) electrons. The lowest BCUT2D eigenvalue weighted by Gasteiger charge is -2.30. The first-order chi connectivity index (χ1) is 15.2. The molecule has 1 saturated carbocycles. The molecule has 0 bridgehead atoms. The van der Waals surface area contributed by atoms with Gasteiger partial charge in [-0.15, -0.1) is 0 Å². The summed E-state index contributed by atoms with van der Waals surface area (Å²) in [5, 5.41) is 13.0. The van der Waals surface area contributed by atoms with E-state index in [1.807, 2.05) is 0 Å². The molecule has 2 aromatic rings. The van der Waals surface area contributed by atoms with Crippen molar-refractivity contribution in [2.45, 2.75) is 55.6 Å². The third-order valence-electron chi connectivity index (χ3n) is 6.27. The summed E-state index contributed by atoms with van der Waals surface area (Å²) in [7, 11) is 0. The van der Waals surface area contributed by atoms with E-state index in [1.165, 1.54) is 12.8 Å². The number of rotatable bonds is 7. The molecule has 31 heavy (non-hydrogen) atoms. The van der Waals surface area contributed by atoms with Crippen LogP contribution in [-0.2, 0) is 4.74 Å². The molecule has 10 heteroatoms. The molecule has 2 aliphatic heterocycles. The van der Waals surface area contributed by atoms with Crippen molar-refractivity contribution in [3.63, 3.8) is 0 Å². The molecular formula is C21H28ClN5O3S. The average molecular weight is 466 g/mol. The molecule has 1 aliphatic carbocycles. The minimum absolute atomic E-state index is 0.0550. The summed E-state index contributed by atoms with van der Waals surface area (Å²) in [6, 6.07) is 2.12. The van der Waals surface area contributed by atoms with Crippen LogP contribution in [0.3, 0.4) is 0 Å². The van der Waals surface area contributed by atoms with Crippen LogP contribution < -0.4 is 10.9 Å². The topological polar surface area (TPSA) is 85.4 Å². The molecule has 2 saturated heterocycles. The Morgan fingerprint density at radius 2 is 2.06 bits per heavy atom. The Morgan fingerprint density at radius 1 is 1.23 bits per heavy atom. The third-order valence-corrected chi connectivity index (χ3v) is 7.63. The molecule has 3 fully saturated rings. The first-order valence-corrected chi connectivity index (χ1v) is 12.3. The normalized spacial score (nSPS) is 23.2. The zero-order valence-corrected chi connectivity index (χ0v) is 19.0. The molecule has 3 aliphatic rings. The van der Waals surface area contributed by atoms with Gasteiger partial charge in [0.25, 0.3) is 5.56 Å². The number of hydrogen-bond donors (Lipinski definition) is 1. The molecular weight excluding hydrogens is 438 g/mol. The zero-order valence-electron chi connectivity index (χ0n) is 17.5. The molecule has 1 unspecified atom stereocenters. The minimum atomic E-state index is -0.220. The van der Waals surface area contributed by atoms with Crippen molar-refractivity contribution in [2.75, 3.05) is 38.2 Å². The fourth-order valence-corrected chi connectivity index (χ4v) is 5.34. The van der Waals surface area contributed by atoms with Gasteiger partial charge in [-0.3, -0.25) is 4.79 Å². The van der Waals surface area contributed by atoms with Crippen LogP contribution in [0.5, 0.6) is 0 Å². The van der Waals surface area contributed by atoms with Crippen molar-refractivity contribution in [1.29, 1.82) is 0 Å². The second-order valence-corrected chi connectivity index (χ2v) is 10.2. The van der Waals surface area contributed by atoms with E-state index in [1.54, 1.807) is 22.8 Å². The van der Waals surface area contributed by atoms with Crippen molar-refractivity contribution in [3.8, 4) is 0 Å². The van der Waals surface area contributed by atoms with Crippen LogP contribution in [0.15, 0.2) is 26.7 Å². The van der Waals surface area contributed by atoms with Crippen molar-refractivity contribution in [1.82, 2.24) is 19.2 Å². The Labute approximate surface area is 190 Å². The average Bonchev–Trinajstić information content (AvgIpc) is 3.55. The highest BCUT2D eigenvalue weighted by atomic mass is 35.5. The van der Waals surface area contributed by atoms with Gasteiger partial charge in [0.2, 0.25) is 5.09 Å². The van der Waals surface area contributed by atoms with Crippen LogP contribution in [0, 0.1) is 5.92 Å². The maximum Gasteiger partial charge on any atom is 0.287 e. The Kier molecular flexibility index (Phi) is 6.54. The molecule has 0 aromatic carbocycles. The van der Waals surface area contributed by atoms with Crippen LogP contribution >= 0.6 is 23.5 Å². The number of piperidine rings is 1. The third kappa shape index (κ3) is 5.10. The predicted molar refractivity (Wildman–Crippen MR) is 120 cm³/mol. The van der Waals surface area contributed by atoms with E-state index in [2.05, 4.69) is 25.9 Å². The molecule has 1 N–H and O–H groups in total. The van der Waals surface area contributed by atoms with E-state index in [4.69, 9.17) is 20.9 Å². The van der Waals surface area contributed by atoms with Crippen LogP contribution in [0.2, 0.25) is 5.02 Å². The van der Waals surface area contributed by atoms with E-state index < -0.39 is 0 Å².